The number of hydrogen-bond acceptors (Lipinski definition) is 4. The summed E-state index contributed by atoms with van der Waals surface area (Å²) in [6, 6.07) is 1.74. The van der Waals surface area contributed by atoms with Crippen LogP contribution in [0.5, 0.6) is 5.88 Å². The zero-order valence-electron chi connectivity index (χ0n) is 10.0. The van der Waals surface area contributed by atoms with Crippen LogP contribution in [-0.2, 0) is 4.79 Å². The number of hydrogen-bond donors (Lipinski definition) is 4. The maximum atomic E-state index is 11.9. The molecule has 4 N–H and O–H groups in total. The summed E-state index contributed by atoms with van der Waals surface area (Å²) in [6.07, 6.45) is 1.86. The number of carbonyl (C=O) groups is 2. The van der Waals surface area contributed by atoms with Gasteiger partial charge in [0.1, 0.15) is 0 Å². The summed E-state index contributed by atoms with van der Waals surface area (Å²) in [4.78, 5) is 36.1. The molecular weight excluding hydrogens is 252 g/mol. The van der Waals surface area contributed by atoms with Crippen molar-refractivity contribution in [2.24, 2.45) is 5.92 Å². The van der Waals surface area contributed by atoms with Gasteiger partial charge in [0.15, 0.2) is 5.88 Å². The predicted octanol–water partition coefficient (Wildman–Crippen LogP) is 0.0636. The van der Waals surface area contributed by atoms with Crippen molar-refractivity contribution in [3.63, 3.8) is 0 Å². The van der Waals surface area contributed by atoms with E-state index >= 15 is 0 Å². The number of aromatic nitrogens is 1. The zero-order valence-corrected chi connectivity index (χ0v) is 10.0. The number of carboxylic acids is 1. The molecule has 1 aliphatic rings. The number of carboxylic acid groups (broad SMARTS) is 1. The molecule has 2 unspecified atom stereocenters. The summed E-state index contributed by atoms with van der Waals surface area (Å²) < 4.78 is 0. The van der Waals surface area contributed by atoms with Crippen LogP contribution in [0, 0.1) is 5.92 Å². The van der Waals surface area contributed by atoms with E-state index in [1.54, 1.807) is 0 Å². The highest BCUT2D eigenvalue weighted by atomic mass is 16.4. The van der Waals surface area contributed by atoms with Crippen molar-refractivity contribution in [2.45, 2.75) is 25.3 Å². The van der Waals surface area contributed by atoms with Gasteiger partial charge in [0.2, 0.25) is 0 Å². The highest BCUT2D eigenvalue weighted by molar-refractivity contribution is 5.94. The van der Waals surface area contributed by atoms with Crippen molar-refractivity contribution in [1.82, 2.24) is 10.3 Å². The van der Waals surface area contributed by atoms with Gasteiger partial charge in [-0.2, -0.15) is 0 Å². The van der Waals surface area contributed by atoms with Crippen LogP contribution >= 0.6 is 0 Å². The van der Waals surface area contributed by atoms with Gasteiger partial charge in [-0.25, -0.2) is 0 Å². The second-order valence-electron chi connectivity index (χ2n) is 4.57. The maximum Gasteiger partial charge on any atom is 0.308 e. The van der Waals surface area contributed by atoms with E-state index < -0.39 is 35.3 Å². The third kappa shape index (κ3) is 2.93. The molecular formula is C12H14N2O5. The van der Waals surface area contributed by atoms with Gasteiger partial charge in [0, 0.05) is 18.2 Å². The summed E-state index contributed by atoms with van der Waals surface area (Å²) in [7, 11) is 0. The first kappa shape index (κ1) is 13.1. The van der Waals surface area contributed by atoms with E-state index in [-0.39, 0.29) is 5.56 Å². The minimum Gasteiger partial charge on any atom is -0.494 e. The molecule has 0 radical (unpaired) electrons. The number of amides is 1. The smallest absolute Gasteiger partial charge is 0.308 e. The van der Waals surface area contributed by atoms with E-state index in [0.29, 0.717) is 12.8 Å². The summed E-state index contributed by atoms with van der Waals surface area (Å²) in [5.41, 5.74) is -0.580. The number of rotatable bonds is 3. The Balaban J connectivity index is 2.12. The lowest BCUT2D eigenvalue weighted by Crippen LogP contribution is -2.40. The molecule has 7 heteroatoms. The molecule has 1 heterocycles. The first-order valence-electron chi connectivity index (χ1n) is 5.94. The molecule has 0 saturated heterocycles. The van der Waals surface area contributed by atoms with Crippen molar-refractivity contribution in [1.29, 1.82) is 0 Å². The number of aliphatic carboxylic acids is 1. The molecule has 2 rings (SSSR count). The van der Waals surface area contributed by atoms with Gasteiger partial charge in [-0.1, -0.05) is 6.42 Å². The highest BCUT2D eigenvalue weighted by Crippen LogP contribution is 2.26. The Hall–Kier alpha value is -2.31. The topological polar surface area (TPSA) is 119 Å². The molecule has 7 nitrogen and oxygen atoms in total. The molecule has 102 valence electrons. The summed E-state index contributed by atoms with van der Waals surface area (Å²) in [6.45, 7) is 0. The summed E-state index contributed by atoms with van der Waals surface area (Å²) >= 11 is 0. The molecule has 2 atom stereocenters. The Morgan fingerprint density at radius 3 is 2.68 bits per heavy atom. The fourth-order valence-electron chi connectivity index (χ4n) is 2.34. The van der Waals surface area contributed by atoms with Crippen LogP contribution in [0.3, 0.4) is 0 Å². The molecule has 0 aromatic carbocycles. The Morgan fingerprint density at radius 1 is 1.32 bits per heavy atom. The van der Waals surface area contributed by atoms with Crippen molar-refractivity contribution in [3.05, 3.63) is 28.0 Å². The van der Waals surface area contributed by atoms with Crippen LogP contribution < -0.4 is 10.9 Å². The van der Waals surface area contributed by atoms with Crippen molar-refractivity contribution >= 4 is 11.9 Å². The average Bonchev–Trinajstić information content (AvgIpc) is 2.75. The monoisotopic (exact) mass is 266 g/mol. The molecule has 1 fully saturated rings. The Kier molecular flexibility index (Phi) is 3.55. The van der Waals surface area contributed by atoms with Crippen molar-refractivity contribution < 1.29 is 19.8 Å². The molecule has 1 aliphatic carbocycles. The average molecular weight is 266 g/mol. The lowest BCUT2D eigenvalue weighted by Gasteiger charge is -2.17. The van der Waals surface area contributed by atoms with E-state index in [9.17, 15) is 19.5 Å². The molecule has 1 saturated carbocycles. The quantitative estimate of drug-likeness (QED) is 0.617. The first-order chi connectivity index (χ1) is 8.97. The van der Waals surface area contributed by atoms with Crippen LogP contribution in [0.25, 0.3) is 0 Å². The maximum absolute atomic E-state index is 11.9. The second-order valence-corrected chi connectivity index (χ2v) is 4.57. The third-order valence-electron chi connectivity index (χ3n) is 3.24. The van der Waals surface area contributed by atoms with Crippen LogP contribution in [0.1, 0.15) is 29.6 Å². The molecule has 0 bridgehead atoms. The van der Waals surface area contributed by atoms with Gasteiger partial charge >= 0.3 is 5.97 Å². The number of aromatic hydroxyl groups is 1. The number of carbonyl (C=O) groups excluding carboxylic acids is 1. The number of pyridine rings is 1. The van der Waals surface area contributed by atoms with Crippen molar-refractivity contribution in [3.8, 4) is 5.88 Å². The largest absolute Gasteiger partial charge is 0.494 e. The summed E-state index contributed by atoms with van der Waals surface area (Å²) in [5, 5.41) is 20.8. The fourth-order valence-corrected chi connectivity index (χ4v) is 2.34. The summed E-state index contributed by atoms with van der Waals surface area (Å²) in [5.74, 6) is -2.49. The van der Waals surface area contributed by atoms with Crippen LogP contribution in [-0.4, -0.2) is 33.1 Å². The zero-order chi connectivity index (χ0) is 14.0. The second kappa shape index (κ2) is 5.13. The number of nitrogens with one attached hydrogen (secondary N) is 2. The third-order valence-corrected chi connectivity index (χ3v) is 3.24. The highest BCUT2D eigenvalue weighted by Gasteiger charge is 2.34. The van der Waals surface area contributed by atoms with Crippen molar-refractivity contribution in [2.75, 3.05) is 0 Å². The van der Waals surface area contributed by atoms with E-state index in [2.05, 4.69) is 10.3 Å². The van der Waals surface area contributed by atoms with Gasteiger partial charge in [0.25, 0.3) is 11.5 Å². The molecule has 0 spiro atoms. The Bertz CT molecular complexity index is 565. The normalized spacial score (nSPS) is 22.1. The number of H-pyrrole nitrogens is 1. The van der Waals surface area contributed by atoms with Crippen LogP contribution in [0.4, 0.5) is 0 Å². The van der Waals surface area contributed by atoms with Gasteiger partial charge in [0.05, 0.1) is 11.5 Å². The first-order valence-corrected chi connectivity index (χ1v) is 5.94. The standard InChI is InChI=1S/C12H14N2O5/c15-9-4-6(5-10(16)14-9)11(17)13-8-3-1-2-7(8)12(18)19/h4-5,7-8H,1-3H2,(H,13,17)(H,18,19)(H2,14,15,16). The molecule has 1 amide bonds. The lowest BCUT2D eigenvalue weighted by molar-refractivity contribution is -0.142. The van der Waals surface area contributed by atoms with E-state index in [0.717, 1.165) is 18.6 Å². The van der Waals surface area contributed by atoms with Gasteiger partial charge < -0.3 is 15.5 Å². The molecule has 19 heavy (non-hydrogen) atoms. The SMILES string of the molecule is O=C(NC1CCCC1C(=O)O)c1cc(O)[nH]c(=O)c1. The minimum absolute atomic E-state index is 0.0114. The van der Waals surface area contributed by atoms with E-state index in [1.807, 2.05) is 0 Å². The Labute approximate surface area is 108 Å². The van der Waals surface area contributed by atoms with Crippen LogP contribution in [0.2, 0.25) is 0 Å². The molecule has 1 aromatic rings. The van der Waals surface area contributed by atoms with Crippen LogP contribution in [0.15, 0.2) is 16.9 Å². The van der Waals surface area contributed by atoms with Gasteiger partial charge in [-0.3, -0.25) is 19.4 Å². The Morgan fingerprint density at radius 2 is 2.05 bits per heavy atom. The van der Waals surface area contributed by atoms with E-state index in [1.165, 1.54) is 0 Å². The number of aromatic amines is 1. The fraction of sp³-hybridized carbons (Fsp3) is 0.417. The molecule has 1 aromatic heterocycles. The minimum atomic E-state index is -0.934. The lowest BCUT2D eigenvalue weighted by atomic mass is 10.0. The predicted molar refractivity (Wildman–Crippen MR) is 65.0 cm³/mol. The van der Waals surface area contributed by atoms with E-state index in [4.69, 9.17) is 5.11 Å². The van der Waals surface area contributed by atoms with Gasteiger partial charge in [-0.05, 0) is 12.8 Å². The van der Waals surface area contributed by atoms with Gasteiger partial charge in [-0.15, -0.1) is 0 Å². The molecule has 0 aliphatic heterocycles.